The van der Waals surface area contributed by atoms with Crippen molar-refractivity contribution in [3.63, 3.8) is 0 Å². The van der Waals surface area contributed by atoms with Crippen LogP contribution in [0.2, 0.25) is 0 Å². The number of aryl methyl sites for hydroxylation is 1. The zero-order valence-electron chi connectivity index (χ0n) is 16.7. The molecule has 0 spiro atoms. The molecular formula is C21H29F4N3O. The van der Waals surface area contributed by atoms with E-state index in [0.717, 1.165) is 49.1 Å². The summed E-state index contributed by atoms with van der Waals surface area (Å²) in [5.41, 5.74) is 3.28. The molecule has 0 bridgehead atoms. The lowest BCUT2D eigenvalue weighted by molar-refractivity contribution is -0.138. The Kier molecular flexibility index (Phi) is 8.49. The van der Waals surface area contributed by atoms with Crippen LogP contribution < -0.4 is 16.0 Å². The van der Waals surface area contributed by atoms with E-state index < -0.39 is 25.3 Å². The topological polar surface area (TPSA) is 53.2 Å². The summed E-state index contributed by atoms with van der Waals surface area (Å²) in [6.07, 6.45) is -0.766. The van der Waals surface area contributed by atoms with E-state index in [1.807, 2.05) is 24.4 Å². The first-order chi connectivity index (χ1) is 13.7. The van der Waals surface area contributed by atoms with Gasteiger partial charge < -0.3 is 16.0 Å². The number of alkyl halides is 4. The molecule has 1 saturated carbocycles. The Hall–Kier alpha value is -2.09. The normalized spacial score (nSPS) is 19.6. The number of amides is 1. The molecule has 1 aromatic rings. The Bertz CT molecular complexity index is 698. The predicted molar refractivity (Wildman–Crippen MR) is 106 cm³/mol. The molecule has 0 aliphatic heterocycles. The van der Waals surface area contributed by atoms with Crippen molar-refractivity contribution in [1.82, 2.24) is 16.0 Å². The monoisotopic (exact) mass is 415 g/mol. The van der Waals surface area contributed by atoms with E-state index >= 15 is 0 Å². The summed E-state index contributed by atoms with van der Waals surface area (Å²) in [5, 5.41) is 8.23. The van der Waals surface area contributed by atoms with Gasteiger partial charge in [-0.2, -0.15) is 13.2 Å². The zero-order valence-corrected chi connectivity index (χ0v) is 16.7. The van der Waals surface area contributed by atoms with Gasteiger partial charge in [-0.3, -0.25) is 4.79 Å². The summed E-state index contributed by atoms with van der Waals surface area (Å²) in [6.45, 7) is 4.82. The van der Waals surface area contributed by atoms with Crippen LogP contribution in [-0.4, -0.2) is 37.8 Å². The highest BCUT2D eigenvalue weighted by Crippen LogP contribution is 2.25. The van der Waals surface area contributed by atoms with Crippen molar-refractivity contribution in [3.05, 3.63) is 41.5 Å². The van der Waals surface area contributed by atoms with Gasteiger partial charge in [0.2, 0.25) is 5.91 Å². The van der Waals surface area contributed by atoms with Gasteiger partial charge in [0.15, 0.2) is 0 Å². The number of benzene rings is 1. The van der Waals surface area contributed by atoms with Crippen LogP contribution in [0, 0.1) is 12.8 Å². The number of halogens is 4. The lowest BCUT2D eigenvalue weighted by atomic mass is 9.86. The minimum absolute atomic E-state index is 0.106. The van der Waals surface area contributed by atoms with Crippen molar-refractivity contribution < 1.29 is 22.4 Å². The Balaban J connectivity index is 1.67. The number of hydrogen-bond acceptors (Lipinski definition) is 3. The van der Waals surface area contributed by atoms with Crippen LogP contribution in [0.3, 0.4) is 0 Å². The maximum atomic E-state index is 12.9. The number of carbonyl (C=O) groups excluding carboxylic acids is 1. The lowest BCUT2D eigenvalue weighted by Crippen LogP contribution is -2.43. The second-order valence-corrected chi connectivity index (χ2v) is 7.69. The molecule has 1 aromatic carbocycles. The van der Waals surface area contributed by atoms with Crippen LogP contribution in [0.5, 0.6) is 0 Å². The summed E-state index contributed by atoms with van der Waals surface area (Å²) < 4.78 is 49.2. The number of rotatable bonds is 9. The molecule has 29 heavy (non-hydrogen) atoms. The van der Waals surface area contributed by atoms with Crippen LogP contribution in [0.15, 0.2) is 24.8 Å². The Morgan fingerprint density at radius 3 is 2.45 bits per heavy atom. The van der Waals surface area contributed by atoms with Crippen LogP contribution in [0.25, 0.3) is 5.70 Å². The Morgan fingerprint density at radius 1 is 1.14 bits per heavy atom. The average molecular weight is 415 g/mol. The first-order valence-corrected chi connectivity index (χ1v) is 9.83. The lowest BCUT2D eigenvalue weighted by Gasteiger charge is -2.29. The highest BCUT2D eigenvalue weighted by atomic mass is 19.4. The predicted octanol–water partition coefficient (Wildman–Crippen LogP) is 3.85. The standard InChI is InChI=1S/C21H29F4N3O/c1-14-7-17(10-22)9-18(8-14)15(2)26-11-16-3-5-19(6-4-16)27-12-20(29)28-13-21(23,24)25/h7-9,16,19,26-27H,2-6,10-13H2,1H3,(H,28,29). The van der Waals surface area contributed by atoms with Crippen LogP contribution in [0.4, 0.5) is 17.6 Å². The molecule has 162 valence electrons. The summed E-state index contributed by atoms with van der Waals surface area (Å²) in [6, 6.07) is 5.72. The van der Waals surface area contributed by atoms with Crippen molar-refractivity contribution >= 4 is 11.6 Å². The molecule has 0 atom stereocenters. The molecule has 1 amide bonds. The van der Waals surface area contributed by atoms with E-state index in [2.05, 4.69) is 17.2 Å². The molecule has 2 rings (SSSR count). The highest BCUT2D eigenvalue weighted by molar-refractivity contribution is 5.78. The SMILES string of the molecule is C=C(NCC1CCC(NCC(=O)NCC(F)(F)F)CC1)c1cc(C)cc(CF)c1. The molecule has 0 aromatic heterocycles. The summed E-state index contributed by atoms with van der Waals surface area (Å²) in [5.74, 6) is -0.192. The Morgan fingerprint density at radius 2 is 1.83 bits per heavy atom. The molecule has 1 fully saturated rings. The maximum Gasteiger partial charge on any atom is 0.405 e. The van der Waals surface area contributed by atoms with Gasteiger partial charge in [0, 0.05) is 18.3 Å². The first-order valence-electron chi connectivity index (χ1n) is 9.83. The fraction of sp³-hybridized carbons (Fsp3) is 0.571. The van der Waals surface area contributed by atoms with E-state index in [0.29, 0.717) is 11.5 Å². The molecule has 1 aliphatic carbocycles. The van der Waals surface area contributed by atoms with Gasteiger partial charge in [0.25, 0.3) is 0 Å². The molecule has 0 heterocycles. The smallest absolute Gasteiger partial charge is 0.385 e. The van der Waals surface area contributed by atoms with Gasteiger partial charge in [-0.1, -0.05) is 18.2 Å². The quantitative estimate of drug-likeness (QED) is 0.537. The maximum absolute atomic E-state index is 12.9. The van der Waals surface area contributed by atoms with Gasteiger partial charge in [0.1, 0.15) is 13.2 Å². The second-order valence-electron chi connectivity index (χ2n) is 7.69. The number of nitrogens with one attached hydrogen (secondary N) is 3. The van der Waals surface area contributed by atoms with Gasteiger partial charge in [-0.25, -0.2) is 4.39 Å². The van der Waals surface area contributed by atoms with E-state index in [-0.39, 0.29) is 12.6 Å². The molecule has 0 saturated heterocycles. The van der Waals surface area contributed by atoms with Crippen molar-refractivity contribution in [2.75, 3.05) is 19.6 Å². The van der Waals surface area contributed by atoms with Gasteiger partial charge in [-0.05, 0) is 61.8 Å². The fourth-order valence-corrected chi connectivity index (χ4v) is 3.55. The average Bonchev–Trinajstić information content (AvgIpc) is 2.68. The first kappa shape index (κ1) is 23.2. The van der Waals surface area contributed by atoms with E-state index in [9.17, 15) is 22.4 Å². The number of hydrogen-bond donors (Lipinski definition) is 3. The third-order valence-corrected chi connectivity index (χ3v) is 5.13. The number of carbonyl (C=O) groups is 1. The van der Waals surface area contributed by atoms with Crippen molar-refractivity contribution in [2.45, 2.75) is 51.5 Å². The van der Waals surface area contributed by atoms with Gasteiger partial charge >= 0.3 is 6.18 Å². The van der Waals surface area contributed by atoms with E-state index in [1.165, 1.54) is 0 Å². The van der Waals surface area contributed by atoms with Gasteiger partial charge in [0.05, 0.1) is 6.54 Å². The van der Waals surface area contributed by atoms with Crippen molar-refractivity contribution in [1.29, 1.82) is 0 Å². The van der Waals surface area contributed by atoms with Crippen molar-refractivity contribution in [3.8, 4) is 0 Å². The van der Waals surface area contributed by atoms with Crippen molar-refractivity contribution in [2.24, 2.45) is 5.92 Å². The molecule has 0 radical (unpaired) electrons. The largest absolute Gasteiger partial charge is 0.405 e. The Labute approximate surface area is 169 Å². The van der Waals surface area contributed by atoms with Gasteiger partial charge in [-0.15, -0.1) is 0 Å². The minimum atomic E-state index is -4.39. The second kappa shape index (κ2) is 10.6. The summed E-state index contributed by atoms with van der Waals surface area (Å²) >= 11 is 0. The third kappa shape index (κ3) is 8.43. The summed E-state index contributed by atoms with van der Waals surface area (Å²) in [7, 11) is 0. The van der Waals surface area contributed by atoms with Crippen LogP contribution in [0.1, 0.15) is 42.4 Å². The highest BCUT2D eigenvalue weighted by Gasteiger charge is 2.28. The van der Waals surface area contributed by atoms with Crippen LogP contribution in [-0.2, 0) is 11.5 Å². The third-order valence-electron chi connectivity index (χ3n) is 5.13. The molecule has 1 aliphatic rings. The molecule has 3 N–H and O–H groups in total. The molecular weight excluding hydrogens is 386 g/mol. The fourth-order valence-electron chi connectivity index (χ4n) is 3.55. The summed E-state index contributed by atoms with van der Waals surface area (Å²) in [4.78, 5) is 11.5. The van der Waals surface area contributed by atoms with E-state index in [4.69, 9.17) is 0 Å². The zero-order chi connectivity index (χ0) is 21.4. The molecule has 4 nitrogen and oxygen atoms in total. The van der Waals surface area contributed by atoms with E-state index in [1.54, 1.807) is 6.07 Å². The molecule has 8 heteroatoms. The minimum Gasteiger partial charge on any atom is -0.385 e. The van der Waals surface area contributed by atoms with Crippen LogP contribution >= 0.6 is 0 Å². The molecule has 0 unspecified atom stereocenters.